The number of amides is 1. The normalized spacial score (nSPS) is 17.0. The van der Waals surface area contributed by atoms with Gasteiger partial charge in [0, 0.05) is 26.2 Å². The number of likely N-dealkylation sites (N-methyl/N-ethyl adjacent to an activating group) is 1. The van der Waals surface area contributed by atoms with Crippen molar-refractivity contribution in [3.8, 4) is 0 Å². The summed E-state index contributed by atoms with van der Waals surface area (Å²) in [6, 6.07) is 6.45. The van der Waals surface area contributed by atoms with E-state index in [1.165, 1.54) is 10.4 Å². The summed E-state index contributed by atoms with van der Waals surface area (Å²) in [5, 5.41) is 2.47. The van der Waals surface area contributed by atoms with Crippen LogP contribution in [0.3, 0.4) is 0 Å². The number of carbonyl (C=O) groups excluding carboxylic acids is 1. The van der Waals surface area contributed by atoms with Crippen LogP contribution >= 0.6 is 0 Å². The van der Waals surface area contributed by atoms with Gasteiger partial charge < -0.3 is 10.1 Å². The van der Waals surface area contributed by atoms with Crippen LogP contribution in [0.15, 0.2) is 35.2 Å². The highest BCUT2D eigenvalue weighted by Crippen LogP contribution is 2.18. The largest absolute Gasteiger partial charge is 0.379 e. The number of hydrogen-bond donors (Lipinski definition) is 1. The van der Waals surface area contributed by atoms with E-state index in [1.807, 2.05) is 0 Å². The highest BCUT2D eigenvalue weighted by molar-refractivity contribution is 7.89. The maximum atomic E-state index is 12.4. The fourth-order valence-corrected chi connectivity index (χ4v) is 3.35. The molecule has 0 radical (unpaired) electrons. The van der Waals surface area contributed by atoms with Gasteiger partial charge >= 0.3 is 0 Å². The van der Waals surface area contributed by atoms with E-state index in [0.29, 0.717) is 26.3 Å². The van der Waals surface area contributed by atoms with Crippen LogP contribution in [-0.2, 0) is 19.6 Å². The molecule has 0 bridgehead atoms. The lowest BCUT2D eigenvalue weighted by molar-refractivity contribution is -0.115. The molecule has 6 nitrogen and oxygen atoms in total. The minimum absolute atomic E-state index is 0.208. The van der Waals surface area contributed by atoms with Gasteiger partial charge in [-0.15, -0.1) is 0 Å². The molecule has 2 rings (SSSR count). The van der Waals surface area contributed by atoms with E-state index in [-0.39, 0.29) is 10.8 Å². The number of carbonyl (C=O) groups is 1. The molecule has 114 valence electrons. The lowest BCUT2D eigenvalue weighted by atomic mass is 10.2. The zero-order chi connectivity index (χ0) is 15.3. The maximum Gasteiger partial charge on any atom is 0.243 e. The third kappa shape index (κ3) is 3.90. The molecule has 0 aliphatic carbocycles. The molecule has 1 aromatic rings. The van der Waals surface area contributed by atoms with Gasteiger partial charge in [-0.05, 0) is 23.8 Å². The van der Waals surface area contributed by atoms with E-state index in [2.05, 4.69) is 5.32 Å². The second kappa shape index (κ2) is 6.84. The number of sulfonamides is 1. The summed E-state index contributed by atoms with van der Waals surface area (Å²) < 4.78 is 31.4. The van der Waals surface area contributed by atoms with Crippen molar-refractivity contribution in [2.45, 2.75) is 4.90 Å². The fourth-order valence-electron chi connectivity index (χ4n) is 1.94. The summed E-state index contributed by atoms with van der Waals surface area (Å²) in [5.74, 6) is -0.208. The van der Waals surface area contributed by atoms with E-state index in [0.717, 1.165) is 5.56 Å². The minimum atomic E-state index is -3.46. The molecule has 1 aliphatic heterocycles. The van der Waals surface area contributed by atoms with Crippen molar-refractivity contribution in [1.29, 1.82) is 0 Å². The highest BCUT2D eigenvalue weighted by atomic mass is 32.2. The molecule has 1 aliphatic rings. The number of nitrogens with one attached hydrogen (secondary N) is 1. The van der Waals surface area contributed by atoms with Crippen LogP contribution in [0.2, 0.25) is 0 Å². The molecule has 0 unspecified atom stereocenters. The third-order valence-corrected chi connectivity index (χ3v) is 5.07. The smallest absolute Gasteiger partial charge is 0.243 e. The monoisotopic (exact) mass is 310 g/mol. The van der Waals surface area contributed by atoms with Crippen molar-refractivity contribution >= 4 is 22.0 Å². The number of morpholine rings is 1. The van der Waals surface area contributed by atoms with E-state index in [4.69, 9.17) is 4.74 Å². The third-order valence-electron chi connectivity index (χ3n) is 3.16. The second-order valence-corrected chi connectivity index (χ2v) is 6.47. The predicted octanol–water partition coefficient (Wildman–Crippen LogP) is 0.467. The average molecular weight is 310 g/mol. The zero-order valence-corrected chi connectivity index (χ0v) is 12.6. The van der Waals surface area contributed by atoms with Crippen LogP contribution in [0.25, 0.3) is 6.08 Å². The van der Waals surface area contributed by atoms with Gasteiger partial charge in [-0.1, -0.05) is 12.1 Å². The molecule has 1 amide bonds. The first-order chi connectivity index (χ1) is 10.0. The Morgan fingerprint density at radius 1 is 1.24 bits per heavy atom. The Labute approximate surface area is 124 Å². The van der Waals surface area contributed by atoms with E-state index < -0.39 is 10.0 Å². The Balaban J connectivity index is 2.14. The Morgan fingerprint density at radius 2 is 1.86 bits per heavy atom. The van der Waals surface area contributed by atoms with Crippen molar-refractivity contribution < 1.29 is 17.9 Å². The molecule has 1 fully saturated rings. The topological polar surface area (TPSA) is 75.7 Å². The minimum Gasteiger partial charge on any atom is -0.379 e. The van der Waals surface area contributed by atoms with Gasteiger partial charge in [0.25, 0.3) is 0 Å². The van der Waals surface area contributed by atoms with Crippen molar-refractivity contribution in [3.05, 3.63) is 35.9 Å². The summed E-state index contributed by atoms with van der Waals surface area (Å²) in [6.07, 6.45) is 3.02. The van der Waals surface area contributed by atoms with Crippen LogP contribution in [-0.4, -0.2) is 52.0 Å². The predicted molar refractivity (Wildman–Crippen MR) is 79.1 cm³/mol. The highest BCUT2D eigenvalue weighted by Gasteiger charge is 2.25. The summed E-state index contributed by atoms with van der Waals surface area (Å²) in [6.45, 7) is 1.60. The number of nitrogens with zero attached hydrogens (tertiary/aromatic N) is 1. The van der Waals surface area contributed by atoms with Gasteiger partial charge in [0.15, 0.2) is 0 Å². The molecule has 0 spiro atoms. The van der Waals surface area contributed by atoms with Crippen LogP contribution in [0.5, 0.6) is 0 Å². The summed E-state index contributed by atoms with van der Waals surface area (Å²) in [4.78, 5) is 11.4. The number of hydrogen-bond acceptors (Lipinski definition) is 4. The van der Waals surface area contributed by atoms with E-state index in [1.54, 1.807) is 37.4 Å². The van der Waals surface area contributed by atoms with Gasteiger partial charge in [0.05, 0.1) is 18.1 Å². The molecular weight excluding hydrogens is 292 g/mol. The molecular formula is C14H18N2O4S. The molecule has 21 heavy (non-hydrogen) atoms. The van der Waals surface area contributed by atoms with Crippen LogP contribution in [0.4, 0.5) is 0 Å². The van der Waals surface area contributed by atoms with Gasteiger partial charge in [-0.3, -0.25) is 4.79 Å². The molecule has 0 atom stereocenters. The average Bonchev–Trinajstić information content (AvgIpc) is 2.53. The number of rotatable bonds is 4. The lowest BCUT2D eigenvalue weighted by Crippen LogP contribution is -2.40. The molecule has 1 aromatic carbocycles. The first kappa shape index (κ1) is 15.7. The van der Waals surface area contributed by atoms with Gasteiger partial charge in [0.2, 0.25) is 15.9 Å². The molecule has 0 aromatic heterocycles. The van der Waals surface area contributed by atoms with Crippen molar-refractivity contribution in [1.82, 2.24) is 9.62 Å². The Hall–Kier alpha value is -1.70. The van der Waals surface area contributed by atoms with Crippen LogP contribution in [0.1, 0.15) is 5.56 Å². The number of ether oxygens (including phenoxy) is 1. The van der Waals surface area contributed by atoms with E-state index in [9.17, 15) is 13.2 Å². The summed E-state index contributed by atoms with van der Waals surface area (Å²) in [7, 11) is -1.92. The molecule has 0 saturated carbocycles. The maximum absolute atomic E-state index is 12.4. The molecule has 1 N–H and O–H groups in total. The summed E-state index contributed by atoms with van der Waals surface area (Å²) in [5.41, 5.74) is 0.763. The Bertz CT molecular complexity index is 617. The Kier molecular flexibility index (Phi) is 5.11. The first-order valence-electron chi connectivity index (χ1n) is 6.62. The van der Waals surface area contributed by atoms with Gasteiger partial charge in [-0.2, -0.15) is 4.31 Å². The summed E-state index contributed by atoms with van der Waals surface area (Å²) >= 11 is 0. The zero-order valence-electron chi connectivity index (χ0n) is 11.8. The van der Waals surface area contributed by atoms with Crippen molar-refractivity contribution in [2.24, 2.45) is 0 Å². The van der Waals surface area contributed by atoms with Crippen molar-refractivity contribution in [3.63, 3.8) is 0 Å². The first-order valence-corrected chi connectivity index (χ1v) is 8.06. The van der Waals surface area contributed by atoms with Gasteiger partial charge in [0.1, 0.15) is 0 Å². The number of benzene rings is 1. The molecule has 1 heterocycles. The Morgan fingerprint density at radius 3 is 2.43 bits per heavy atom. The quantitative estimate of drug-likeness (QED) is 0.820. The fraction of sp³-hybridized carbons (Fsp3) is 0.357. The van der Waals surface area contributed by atoms with E-state index >= 15 is 0 Å². The van der Waals surface area contributed by atoms with Gasteiger partial charge in [-0.25, -0.2) is 8.42 Å². The van der Waals surface area contributed by atoms with Crippen LogP contribution < -0.4 is 5.32 Å². The SMILES string of the molecule is CNC(=O)C=Cc1ccc(S(=O)(=O)N2CCOCC2)cc1. The van der Waals surface area contributed by atoms with Crippen LogP contribution in [0, 0.1) is 0 Å². The standard InChI is InChI=1S/C14H18N2O4S/c1-15-14(17)7-4-12-2-5-13(6-3-12)21(18,19)16-8-10-20-11-9-16/h2-7H,8-11H2,1H3,(H,15,17). The molecule has 1 saturated heterocycles. The molecule has 7 heteroatoms. The second-order valence-electron chi connectivity index (χ2n) is 4.53. The lowest BCUT2D eigenvalue weighted by Gasteiger charge is -2.26. The van der Waals surface area contributed by atoms with Crippen molar-refractivity contribution in [2.75, 3.05) is 33.4 Å².